The van der Waals surface area contributed by atoms with Gasteiger partial charge < -0.3 is 74.4 Å². The number of benzene rings is 9. The molecular formula is C97H93F4N13O15. The third kappa shape index (κ3) is 23.9. The van der Waals surface area contributed by atoms with Crippen molar-refractivity contribution in [1.82, 2.24) is 67.0 Å². The summed E-state index contributed by atoms with van der Waals surface area (Å²) in [4.78, 5) is 65.6. The number of hydrogen-bond donors (Lipinski definition) is 12. The van der Waals surface area contributed by atoms with Crippen molar-refractivity contribution in [2.45, 2.75) is 58.6 Å². The summed E-state index contributed by atoms with van der Waals surface area (Å²) < 4.78 is 86.4. The number of carbonyl (C=O) groups is 5. The molecule has 129 heavy (non-hydrogen) atoms. The molecular weight excluding hydrogens is 1660 g/mol. The molecule has 28 nitrogen and oxygen atoms in total. The van der Waals surface area contributed by atoms with Gasteiger partial charge in [0.2, 0.25) is 0 Å². The molecule has 6 heterocycles. The van der Waals surface area contributed by atoms with Crippen LogP contribution in [-0.2, 0) is 31.0 Å². The number of amides is 4. The van der Waals surface area contributed by atoms with E-state index >= 15 is 0 Å². The number of carbonyl (C=O) groups excluding carboxylic acids is 4. The van der Waals surface area contributed by atoms with Crippen LogP contribution < -0.4 is 40.2 Å². The first-order valence-corrected chi connectivity index (χ1v) is 40.6. The zero-order chi connectivity index (χ0) is 91.6. The fourth-order valence-electron chi connectivity index (χ4n) is 13.5. The van der Waals surface area contributed by atoms with Crippen LogP contribution in [-0.4, -0.2) is 157 Å². The number of halogens is 4. The molecule has 0 spiro atoms. The second kappa shape index (κ2) is 44.4. The molecule has 0 saturated carbocycles. The number of aliphatic hydroxyl groups excluding tert-OH is 3. The topological polar surface area (TPSA) is 396 Å². The largest absolute Gasteiger partial charge is 0.495 e. The number of furan rings is 2. The van der Waals surface area contributed by atoms with Crippen LogP contribution in [0.15, 0.2) is 209 Å². The molecule has 0 bridgehead atoms. The summed E-state index contributed by atoms with van der Waals surface area (Å²) in [5.74, 6) is -0.0669. The highest BCUT2D eigenvalue weighted by Gasteiger charge is 2.29. The van der Waals surface area contributed by atoms with Crippen LogP contribution in [0.25, 0.3) is 92.2 Å². The quantitative estimate of drug-likeness (QED) is 0.0138. The number of nitrogens with one attached hydrogen (secondary N) is 8. The number of H-pyrrole nitrogens is 4. The summed E-state index contributed by atoms with van der Waals surface area (Å²) >= 11 is 0. The summed E-state index contributed by atoms with van der Waals surface area (Å²) in [6.45, 7) is 4.74. The summed E-state index contributed by atoms with van der Waals surface area (Å²) in [5.41, 5.74) is 9.94. The van der Waals surface area contributed by atoms with Gasteiger partial charge in [-0.1, -0.05) is 117 Å². The van der Waals surface area contributed by atoms with Crippen LogP contribution in [0.5, 0.6) is 23.0 Å². The maximum Gasteiger partial charge on any atom is 0.330 e. The van der Waals surface area contributed by atoms with Gasteiger partial charge in [-0.25, -0.2) is 22.4 Å². The van der Waals surface area contributed by atoms with E-state index in [1.165, 1.54) is 75.9 Å². The summed E-state index contributed by atoms with van der Waals surface area (Å²) in [6, 6.07) is 51.6. The zero-order valence-electron chi connectivity index (χ0n) is 71.1. The first kappa shape index (κ1) is 92.7. The Kier molecular flexibility index (Phi) is 31.9. The smallest absolute Gasteiger partial charge is 0.330 e. The van der Waals surface area contributed by atoms with Gasteiger partial charge in [0.1, 0.15) is 75.9 Å². The second-order valence-corrected chi connectivity index (χ2v) is 29.6. The minimum absolute atomic E-state index is 0.0415. The van der Waals surface area contributed by atoms with E-state index in [2.05, 4.69) is 62.1 Å². The van der Waals surface area contributed by atoms with E-state index in [0.29, 0.717) is 136 Å². The van der Waals surface area contributed by atoms with E-state index < -0.39 is 24.0 Å². The maximum atomic E-state index is 13.2. The average Bonchev–Trinajstić information content (AvgIpc) is 1.69. The van der Waals surface area contributed by atoms with Crippen molar-refractivity contribution in [3.8, 4) is 23.0 Å². The third-order valence-corrected chi connectivity index (χ3v) is 20.1. The van der Waals surface area contributed by atoms with Gasteiger partial charge in [-0.2, -0.15) is 20.4 Å². The second-order valence-electron chi connectivity index (χ2n) is 29.6. The molecule has 15 aromatic rings. The number of carboxylic acid groups (broad SMARTS) is 1. The number of fused-ring (bicyclic) bond motifs is 4. The Balaban J connectivity index is 0.000000156. The van der Waals surface area contributed by atoms with Crippen molar-refractivity contribution in [1.29, 1.82) is 0 Å². The molecule has 0 aliphatic carbocycles. The van der Waals surface area contributed by atoms with Gasteiger partial charge in [0, 0.05) is 13.0 Å². The number of aliphatic carboxylic acids is 1. The molecule has 0 unspecified atom stereocenters. The zero-order valence-corrected chi connectivity index (χ0v) is 71.1. The lowest BCUT2D eigenvalue weighted by atomic mass is 10.0. The van der Waals surface area contributed by atoms with E-state index in [9.17, 15) is 51.7 Å². The van der Waals surface area contributed by atoms with E-state index in [0.717, 1.165) is 28.0 Å². The van der Waals surface area contributed by atoms with Crippen LogP contribution in [0.3, 0.4) is 0 Å². The molecule has 0 aliphatic heterocycles. The van der Waals surface area contributed by atoms with Crippen molar-refractivity contribution < 1.29 is 89.7 Å². The van der Waals surface area contributed by atoms with Crippen LogP contribution in [0, 0.1) is 29.2 Å². The monoisotopic (exact) mass is 1760 g/mol. The standard InChI is InChI=1S/C25H25FN4O3.C25H20FN3O4.C24H28FN3O4.C23H20FN3O4/c1-30(2)15-19-10-9-18(33-19)14-27-25(31)20-11-13-22-23(24(20)32-3)21(28-29-22)12-6-16-4-7-17(26)8-5-16;1-33-23-18(24(30)27-22(25(31)32)16-5-3-2-4-6-16)12-14-20-21(23)19(28-29-20)13-9-15-7-10-17(26)11-8-15;1-15(2)21(14-30)26-24(31)18-9-11-20-22(23(18)32-13-3-12-29)19(27-28-20)10-6-16-4-7-17(25)8-5-16;1-30-22-18(23(29)25-12-16-7-8-17(13-28)31-16)9-11-20-21(22)19(26-27-20)10-4-14-2-5-15(24)6-3-14/h4-13H,14-15H2,1-3H3,(H,27,31)(H,28,29);2-14,22H,1H3,(H,27,30)(H,28,29)(H,31,32);4-11,15,21,29-30H,3,12-14H2,1-2H3,(H,26,31)(H,27,28);2-11,28H,12-13H2,1H3,(H,25,29)(H,26,27)/b12-6+;13-9+;10-6+;10-4+/t;22-;21-;/m.01./s1. The predicted octanol–water partition coefficient (Wildman–Crippen LogP) is 16.2. The molecule has 9 aromatic carbocycles. The molecule has 0 aliphatic rings. The Bertz CT molecular complexity index is 6500. The van der Waals surface area contributed by atoms with Gasteiger partial charge in [-0.05, 0) is 193 Å². The Morgan fingerprint density at radius 3 is 1.10 bits per heavy atom. The molecule has 2 atom stereocenters. The van der Waals surface area contributed by atoms with Gasteiger partial charge in [0.25, 0.3) is 23.6 Å². The van der Waals surface area contributed by atoms with Gasteiger partial charge >= 0.3 is 5.97 Å². The number of ether oxygens (including phenoxy) is 4. The Morgan fingerprint density at radius 1 is 0.426 bits per heavy atom. The summed E-state index contributed by atoms with van der Waals surface area (Å²) in [5, 5.41) is 80.0. The number of aromatic amines is 4. The molecule has 0 fully saturated rings. The number of rotatable bonds is 32. The van der Waals surface area contributed by atoms with Crippen molar-refractivity contribution in [2.75, 3.05) is 55.2 Å². The molecule has 0 saturated heterocycles. The Labute approximate surface area is 737 Å². The number of aliphatic hydroxyl groups is 3. The van der Waals surface area contributed by atoms with Crippen molar-refractivity contribution >= 4 is 122 Å². The Hall–Kier alpha value is -15.5. The first-order chi connectivity index (χ1) is 62.4. The van der Waals surface area contributed by atoms with Gasteiger partial charge in [0.15, 0.2) is 6.04 Å². The van der Waals surface area contributed by atoms with Crippen LogP contribution in [0.2, 0.25) is 0 Å². The third-order valence-electron chi connectivity index (χ3n) is 20.1. The number of hydrogen-bond acceptors (Lipinski definition) is 19. The number of aromatic nitrogens is 8. The molecule has 15 rings (SSSR count). The molecule has 664 valence electrons. The SMILES string of the molecule is CC(C)[C@@H](CO)NC(=O)c1ccc2n[nH]c(/C=C/c3ccc(F)cc3)c2c1OCCCO.COc1c(C(=O)NCc2ccc(CN(C)C)o2)ccc2n[nH]c(/C=C/c3ccc(F)cc3)c12.COc1c(C(=O)NCc2ccc(CO)o2)ccc2n[nH]c(/C=C/c3ccc(F)cc3)c12.COc1c(C(=O)N[C@H](C(=O)O)c2ccccc2)ccc2n[nH]c(/C=C/c3ccc(F)cc3)c12. The van der Waals surface area contributed by atoms with Crippen molar-refractivity contribution in [3.05, 3.63) is 319 Å². The fourth-order valence-corrected chi connectivity index (χ4v) is 13.5. The van der Waals surface area contributed by atoms with E-state index in [1.807, 2.05) is 63.2 Å². The lowest BCUT2D eigenvalue weighted by Gasteiger charge is -2.21. The van der Waals surface area contributed by atoms with Crippen LogP contribution >= 0.6 is 0 Å². The van der Waals surface area contributed by atoms with E-state index in [-0.39, 0.29) is 97.7 Å². The predicted molar refractivity (Wildman–Crippen MR) is 483 cm³/mol. The number of nitrogens with zero attached hydrogens (tertiary/aromatic N) is 5. The minimum atomic E-state index is -1.22. The number of carboxylic acids is 1. The van der Waals surface area contributed by atoms with Crippen LogP contribution in [0.1, 0.15) is 141 Å². The normalized spacial score (nSPS) is 11.9. The summed E-state index contributed by atoms with van der Waals surface area (Å²) in [6.07, 6.45) is 14.8. The highest BCUT2D eigenvalue weighted by atomic mass is 19.1. The van der Waals surface area contributed by atoms with Gasteiger partial charge in [-0.15, -0.1) is 0 Å². The van der Waals surface area contributed by atoms with E-state index in [4.69, 9.17) is 38.0 Å². The molecule has 12 N–H and O–H groups in total. The van der Waals surface area contributed by atoms with Crippen molar-refractivity contribution in [2.24, 2.45) is 5.92 Å². The lowest BCUT2D eigenvalue weighted by Crippen LogP contribution is -2.41. The first-order valence-electron chi connectivity index (χ1n) is 40.6. The average molecular weight is 1760 g/mol. The lowest BCUT2D eigenvalue weighted by molar-refractivity contribution is -0.139. The fraction of sp³-hybridized carbons (Fsp3) is 0.186. The van der Waals surface area contributed by atoms with Crippen molar-refractivity contribution in [3.63, 3.8) is 0 Å². The molecule has 4 amide bonds. The highest BCUT2D eigenvalue weighted by molar-refractivity contribution is 6.09. The highest BCUT2D eigenvalue weighted by Crippen LogP contribution is 2.38. The van der Waals surface area contributed by atoms with Crippen LogP contribution in [0.4, 0.5) is 17.6 Å². The molecule has 6 aromatic heterocycles. The number of methoxy groups -OCH3 is 3. The van der Waals surface area contributed by atoms with E-state index in [1.54, 1.807) is 164 Å². The molecule has 0 radical (unpaired) electrons. The van der Waals surface area contributed by atoms with Gasteiger partial charge in [0.05, 0.1) is 149 Å². The minimum Gasteiger partial charge on any atom is -0.495 e. The molecule has 32 heteroatoms. The Morgan fingerprint density at radius 2 is 0.767 bits per heavy atom. The summed E-state index contributed by atoms with van der Waals surface area (Å²) in [7, 11) is 8.37. The maximum absolute atomic E-state index is 13.2. The van der Waals surface area contributed by atoms with Gasteiger partial charge in [-0.3, -0.25) is 39.6 Å².